The number of aliphatic hydroxyl groups excluding tert-OH is 1. The third kappa shape index (κ3) is 4.73. The minimum atomic E-state index is -4.48. The molecule has 24 heavy (non-hydrogen) atoms. The van der Waals surface area contributed by atoms with Crippen LogP contribution in [0.4, 0.5) is 19.0 Å². The Bertz CT molecular complexity index is 576. The fraction of sp³-hybridized carbons (Fsp3) is 0.600. The summed E-state index contributed by atoms with van der Waals surface area (Å²) in [6.07, 6.45) is -2.05. The number of pyridine rings is 1. The first-order valence-corrected chi connectivity index (χ1v) is 8.07. The number of rotatable bonds is 5. The normalized spacial score (nSPS) is 16.3. The number of alkyl halides is 3. The number of nitrogens with zero attached hydrogens (tertiary/aromatic N) is 2. The molecule has 2 heterocycles. The summed E-state index contributed by atoms with van der Waals surface area (Å²) in [6.45, 7) is 1.45. The fourth-order valence-corrected chi connectivity index (χ4v) is 2.89. The second-order valence-corrected chi connectivity index (χ2v) is 6.06. The summed E-state index contributed by atoms with van der Waals surface area (Å²) in [5, 5.41) is 11.4. The summed E-state index contributed by atoms with van der Waals surface area (Å²) in [7, 11) is 0. The van der Waals surface area contributed by atoms with Gasteiger partial charge in [-0.15, -0.1) is 0 Å². The van der Waals surface area contributed by atoms with E-state index in [1.165, 1.54) is 0 Å². The number of hydrogen-bond donors (Lipinski definition) is 2. The molecule has 0 atom stereocenters. The number of amides is 1. The molecule has 0 saturated carbocycles. The van der Waals surface area contributed by atoms with Crippen molar-refractivity contribution in [3.05, 3.63) is 22.8 Å². The highest BCUT2D eigenvalue weighted by Gasteiger charge is 2.32. The molecular weight excluding hydrogens is 347 g/mol. The van der Waals surface area contributed by atoms with Gasteiger partial charge >= 0.3 is 6.18 Å². The van der Waals surface area contributed by atoms with Crippen molar-refractivity contribution in [1.29, 1.82) is 0 Å². The Hall–Kier alpha value is -1.54. The summed E-state index contributed by atoms with van der Waals surface area (Å²) < 4.78 is 37.9. The largest absolute Gasteiger partial charge is 0.417 e. The Kier molecular flexibility index (Phi) is 6.28. The van der Waals surface area contributed by atoms with Crippen molar-refractivity contribution in [1.82, 2.24) is 10.3 Å². The molecule has 1 amide bonds. The third-order valence-corrected chi connectivity index (χ3v) is 4.23. The standard InChI is InChI=1S/C15H19ClF3N3O2/c16-12-8-11(15(17,18)19)9-21-13(12)22-5-2-10(3-6-22)14(24)20-4-1-7-23/h8-10,23H,1-7H2,(H,20,24). The lowest BCUT2D eigenvalue weighted by atomic mass is 9.96. The zero-order valence-electron chi connectivity index (χ0n) is 12.9. The van der Waals surface area contributed by atoms with Crippen LogP contribution in [-0.4, -0.2) is 42.2 Å². The average Bonchev–Trinajstić information content (AvgIpc) is 2.54. The third-order valence-electron chi connectivity index (χ3n) is 3.95. The zero-order valence-corrected chi connectivity index (χ0v) is 13.7. The van der Waals surface area contributed by atoms with Gasteiger partial charge in [-0.25, -0.2) is 4.98 Å². The van der Waals surface area contributed by atoms with Gasteiger partial charge in [-0.3, -0.25) is 4.79 Å². The van der Waals surface area contributed by atoms with Gasteiger partial charge in [0.2, 0.25) is 5.91 Å². The molecule has 1 saturated heterocycles. The predicted octanol–water partition coefficient (Wildman–Crippen LogP) is 2.47. The number of aliphatic hydroxyl groups is 1. The highest BCUT2D eigenvalue weighted by Crippen LogP contribution is 2.34. The number of aromatic nitrogens is 1. The zero-order chi connectivity index (χ0) is 17.7. The minimum Gasteiger partial charge on any atom is -0.396 e. The molecule has 1 fully saturated rings. The predicted molar refractivity (Wildman–Crippen MR) is 83.9 cm³/mol. The molecule has 9 heteroatoms. The van der Waals surface area contributed by atoms with E-state index in [2.05, 4.69) is 10.3 Å². The molecule has 0 aliphatic carbocycles. The van der Waals surface area contributed by atoms with E-state index in [0.29, 0.717) is 44.7 Å². The maximum atomic E-state index is 12.6. The lowest BCUT2D eigenvalue weighted by Gasteiger charge is -2.32. The molecule has 0 unspecified atom stereocenters. The van der Waals surface area contributed by atoms with Crippen molar-refractivity contribution in [3.8, 4) is 0 Å². The molecule has 1 aromatic heterocycles. The highest BCUT2D eigenvalue weighted by atomic mass is 35.5. The van der Waals surface area contributed by atoms with Crippen LogP contribution in [0.3, 0.4) is 0 Å². The molecule has 2 rings (SSSR count). The van der Waals surface area contributed by atoms with Gasteiger partial charge in [0.05, 0.1) is 10.6 Å². The van der Waals surface area contributed by atoms with Crippen LogP contribution in [0.1, 0.15) is 24.8 Å². The Morgan fingerprint density at radius 2 is 2.08 bits per heavy atom. The highest BCUT2D eigenvalue weighted by molar-refractivity contribution is 6.33. The van der Waals surface area contributed by atoms with Crippen LogP contribution < -0.4 is 10.2 Å². The van der Waals surface area contributed by atoms with Crippen LogP contribution in [0, 0.1) is 5.92 Å². The van der Waals surface area contributed by atoms with Crippen LogP contribution in [0.5, 0.6) is 0 Å². The molecule has 0 aromatic carbocycles. The van der Waals surface area contributed by atoms with Crippen LogP contribution in [0.2, 0.25) is 5.02 Å². The molecule has 134 valence electrons. The van der Waals surface area contributed by atoms with Crippen molar-refractivity contribution < 1.29 is 23.1 Å². The van der Waals surface area contributed by atoms with Crippen LogP contribution in [-0.2, 0) is 11.0 Å². The molecule has 1 aliphatic rings. The Labute approximate surface area is 142 Å². The molecule has 0 bridgehead atoms. The number of halogens is 4. The summed E-state index contributed by atoms with van der Waals surface area (Å²) in [4.78, 5) is 17.6. The number of carbonyl (C=O) groups is 1. The van der Waals surface area contributed by atoms with Crippen LogP contribution in [0.15, 0.2) is 12.3 Å². The first-order chi connectivity index (χ1) is 11.3. The number of hydrogen-bond acceptors (Lipinski definition) is 4. The first kappa shape index (κ1) is 18.8. The van der Waals surface area contributed by atoms with Crippen molar-refractivity contribution in [2.24, 2.45) is 5.92 Å². The van der Waals surface area contributed by atoms with Gasteiger partial charge in [0, 0.05) is 38.4 Å². The Morgan fingerprint density at radius 1 is 1.42 bits per heavy atom. The lowest BCUT2D eigenvalue weighted by molar-refractivity contribution is -0.137. The molecule has 1 aromatic rings. The summed E-state index contributed by atoms with van der Waals surface area (Å²) in [5.41, 5.74) is -0.880. The van der Waals surface area contributed by atoms with E-state index < -0.39 is 11.7 Å². The number of anilines is 1. The molecule has 0 radical (unpaired) electrons. The van der Waals surface area contributed by atoms with Gasteiger partial charge in [-0.05, 0) is 25.3 Å². The van der Waals surface area contributed by atoms with Crippen molar-refractivity contribution in [3.63, 3.8) is 0 Å². The van der Waals surface area contributed by atoms with E-state index in [1.807, 2.05) is 0 Å². The van der Waals surface area contributed by atoms with Gasteiger partial charge in [-0.2, -0.15) is 13.2 Å². The molecule has 1 aliphatic heterocycles. The molecule has 5 nitrogen and oxygen atoms in total. The molecule has 2 N–H and O–H groups in total. The SMILES string of the molecule is O=C(NCCCO)C1CCN(c2ncc(C(F)(F)F)cc2Cl)CC1. The number of piperidine rings is 1. The van der Waals surface area contributed by atoms with Crippen molar-refractivity contribution in [2.45, 2.75) is 25.4 Å². The lowest BCUT2D eigenvalue weighted by Crippen LogP contribution is -2.41. The number of nitrogens with one attached hydrogen (secondary N) is 1. The summed E-state index contributed by atoms with van der Waals surface area (Å²) >= 11 is 5.95. The Morgan fingerprint density at radius 3 is 2.62 bits per heavy atom. The second-order valence-electron chi connectivity index (χ2n) is 5.66. The smallest absolute Gasteiger partial charge is 0.396 e. The van der Waals surface area contributed by atoms with E-state index >= 15 is 0 Å². The monoisotopic (exact) mass is 365 g/mol. The fourth-order valence-electron chi connectivity index (χ4n) is 2.61. The summed E-state index contributed by atoms with van der Waals surface area (Å²) in [6, 6.07) is 0.873. The van der Waals surface area contributed by atoms with E-state index in [0.717, 1.165) is 12.3 Å². The van der Waals surface area contributed by atoms with Crippen LogP contribution >= 0.6 is 11.6 Å². The van der Waals surface area contributed by atoms with Crippen molar-refractivity contribution >= 4 is 23.3 Å². The van der Waals surface area contributed by atoms with Crippen LogP contribution in [0.25, 0.3) is 0 Å². The topological polar surface area (TPSA) is 65.5 Å². The quantitative estimate of drug-likeness (QED) is 0.787. The van der Waals surface area contributed by atoms with Gasteiger partial charge < -0.3 is 15.3 Å². The maximum absolute atomic E-state index is 12.6. The average molecular weight is 366 g/mol. The van der Waals surface area contributed by atoms with Gasteiger partial charge in [0.15, 0.2) is 0 Å². The maximum Gasteiger partial charge on any atom is 0.417 e. The molecule has 0 spiro atoms. The van der Waals surface area contributed by atoms with E-state index in [4.69, 9.17) is 16.7 Å². The number of carbonyl (C=O) groups excluding carboxylic acids is 1. The van der Waals surface area contributed by atoms with Crippen molar-refractivity contribution in [2.75, 3.05) is 31.1 Å². The molecular formula is C15H19ClF3N3O2. The first-order valence-electron chi connectivity index (χ1n) is 7.69. The van der Waals surface area contributed by atoms with Gasteiger partial charge in [0.1, 0.15) is 5.82 Å². The van der Waals surface area contributed by atoms with E-state index in [9.17, 15) is 18.0 Å². The second kappa shape index (κ2) is 8.02. The van der Waals surface area contributed by atoms with Gasteiger partial charge in [-0.1, -0.05) is 11.6 Å². The Balaban J connectivity index is 1.94. The van der Waals surface area contributed by atoms with E-state index in [-0.39, 0.29) is 23.5 Å². The summed E-state index contributed by atoms with van der Waals surface area (Å²) in [5.74, 6) is 0.103. The minimum absolute atomic E-state index is 0.0246. The van der Waals surface area contributed by atoms with E-state index in [1.54, 1.807) is 4.90 Å². The van der Waals surface area contributed by atoms with Gasteiger partial charge in [0.25, 0.3) is 0 Å².